The molecule has 7 rings (SSSR count). The van der Waals surface area contributed by atoms with E-state index in [0.717, 1.165) is 21.7 Å². The number of fused-ring (bicyclic) bond motifs is 1. The number of imidazole rings is 1. The Morgan fingerprint density at radius 2 is 1.14 bits per heavy atom. The Hall–Kier alpha value is -4.32. The van der Waals surface area contributed by atoms with Gasteiger partial charge in [0.05, 0.1) is 26.1 Å². The highest BCUT2D eigenvalue weighted by Gasteiger charge is 2.47. The first kappa shape index (κ1) is 46.7. The van der Waals surface area contributed by atoms with Crippen molar-refractivity contribution >= 4 is 40.6 Å². The number of hydrogen-bond acceptors (Lipinski definition) is 20. The van der Waals surface area contributed by atoms with Crippen LogP contribution in [0.2, 0.25) is 0 Å². The summed E-state index contributed by atoms with van der Waals surface area (Å²) in [6.07, 6.45) is -10.1. The zero-order valence-electron chi connectivity index (χ0n) is 32.6. The van der Waals surface area contributed by atoms with Gasteiger partial charge in [0.2, 0.25) is 5.95 Å². The number of phosphoric ester groups is 3. The molecule has 0 bridgehead atoms. The van der Waals surface area contributed by atoms with E-state index in [1.807, 2.05) is 0 Å². The summed E-state index contributed by atoms with van der Waals surface area (Å²) in [5.41, 5.74) is 1.81. The van der Waals surface area contributed by atoms with Crippen LogP contribution < -0.4 is 33.8 Å². The molecule has 2 unspecified atom stereocenters. The maximum Gasteiger partial charge on any atom is 0.472 e. The number of phosphoric acid groups is 3. The predicted molar refractivity (Wildman–Crippen MR) is 206 cm³/mol. The molecule has 63 heavy (non-hydrogen) atoms. The summed E-state index contributed by atoms with van der Waals surface area (Å²) in [7, 11) is -15.7. The third-order valence-corrected chi connectivity index (χ3v) is 12.6. The normalized spacial score (nSPS) is 28.4. The standard InChI is InChI=1S/C30H40N9O21P3/c1-12-6-37(29(44)35-25(12)41)20-3-14(17(8-40)55-20)59-62(49,50)54-10-19-16(5-22(57-19)39-11-32-23-24(39)33-28(31)34-27(23)43)60-63(51,52)53-9-18-15(58-61(46,47)48)4-21(56-18)38-7-13(2)26(42)36-30(38)45/h6-7,11,14-22,40H,3-5,8-10H2,1-2H3,(H,49,50)(H,51,52)(H,35,41,44)(H,36,42,45)(H2,46,47,48)(H3,31,33,34,43)/t14-,15-,16-,17+,18+,19+,20+,21+,22+/m0/s1. The van der Waals surface area contributed by atoms with Crippen molar-refractivity contribution in [2.75, 3.05) is 25.6 Å². The number of aromatic nitrogens is 8. The number of nitrogen functional groups attached to an aromatic ring is 1. The monoisotopic (exact) mass is 955 g/mol. The molecule has 346 valence electrons. The summed E-state index contributed by atoms with van der Waals surface area (Å²) in [6.45, 7) is 0.219. The third-order valence-electron chi connectivity index (χ3n) is 10.0. The molecule has 3 aliphatic rings. The second-order valence-corrected chi connectivity index (χ2v) is 18.5. The van der Waals surface area contributed by atoms with Gasteiger partial charge in [-0.2, -0.15) is 4.98 Å². The first-order chi connectivity index (χ1) is 29.5. The van der Waals surface area contributed by atoms with Gasteiger partial charge in [0.25, 0.3) is 16.7 Å². The van der Waals surface area contributed by atoms with Gasteiger partial charge in [0.15, 0.2) is 11.2 Å². The molecule has 10 N–H and O–H groups in total. The largest absolute Gasteiger partial charge is 0.472 e. The van der Waals surface area contributed by atoms with Gasteiger partial charge in [0, 0.05) is 42.8 Å². The molecule has 11 atom stereocenters. The number of hydrogen-bond donors (Lipinski definition) is 9. The highest BCUT2D eigenvalue weighted by Crippen LogP contribution is 2.52. The summed E-state index contributed by atoms with van der Waals surface area (Å²) in [5, 5.41) is 9.94. The molecular weight excluding hydrogens is 915 g/mol. The molecule has 4 aromatic rings. The SMILES string of the molecule is Cc1cn([C@H]2C[C@H](OP(=O)(O)O)[C@@H](COP(=O)(O)O[C@H]3C[C@H](n4cnc5c(=O)[nH]c(N)nc54)O[C@@H]3COP(=O)(O)O[C@H]3C[C@H](n4cc(C)c(=O)[nH]c4=O)O[C@@H]3CO)O2)c(=O)[nH]c1=O. The second kappa shape index (κ2) is 17.9. The fourth-order valence-corrected chi connectivity index (χ4v) is 9.57. The zero-order valence-corrected chi connectivity index (χ0v) is 35.3. The van der Waals surface area contributed by atoms with Crippen LogP contribution in [0.15, 0.2) is 42.7 Å². The molecular formula is C30H40N9O21P3. The number of rotatable bonds is 16. The van der Waals surface area contributed by atoms with Crippen LogP contribution in [0.25, 0.3) is 11.2 Å². The number of aryl methyl sites for hydroxylation is 2. The Balaban J connectivity index is 1.08. The van der Waals surface area contributed by atoms with Crippen molar-refractivity contribution in [2.24, 2.45) is 0 Å². The Morgan fingerprint density at radius 3 is 1.62 bits per heavy atom. The molecule has 0 saturated carbocycles. The topological polar surface area (TPSA) is 426 Å². The van der Waals surface area contributed by atoms with Gasteiger partial charge in [-0.25, -0.2) is 28.3 Å². The summed E-state index contributed by atoms with van der Waals surface area (Å²) in [6, 6.07) is 0. The minimum Gasteiger partial charge on any atom is -0.394 e. The van der Waals surface area contributed by atoms with Gasteiger partial charge in [-0.1, -0.05) is 0 Å². The Morgan fingerprint density at radius 1 is 0.698 bits per heavy atom. The lowest BCUT2D eigenvalue weighted by atomic mass is 10.2. The van der Waals surface area contributed by atoms with E-state index in [4.69, 9.17) is 42.6 Å². The third kappa shape index (κ3) is 10.6. The van der Waals surface area contributed by atoms with Gasteiger partial charge < -0.3 is 44.6 Å². The molecule has 30 nitrogen and oxygen atoms in total. The Kier molecular flexibility index (Phi) is 13.3. The van der Waals surface area contributed by atoms with Crippen molar-refractivity contribution < 1.29 is 75.2 Å². The number of aliphatic hydroxyl groups is 1. The number of nitrogens with one attached hydrogen (secondary N) is 3. The van der Waals surface area contributed by atoms with Crippen molar-refractivity contribution in [1.29, 1.82) is 0 Å². The molecule has 0 spiro atoms. The van der Waals surface area contributed by atoms with E-state index in [1.54, 1.807) is 0 Å². The number of ether oxygens (including phenoxy) is 3. The second-order valence-electron chi connectivity index (χ2n) is 14.5. The molecule has 3 aliphatic heterocycles. The number of aromatic amines is 3. The summed E-state index contributed by atoms with van der Waals surface area (Å²) >= 11 is 0. The minimum atomic E-state index is -5.29. The van der Waals surface area contributed by atoms with Crippen molar-refractivity contribution in [3.63, 3.8) is 0 Å². The average molecular weight is 956 g/mol. The smallest absolute Gasteiger partial charge is 0.394 e. The Bertz CT molecular complexity index is 2820. The number of nitrogens with zero attached hydrogens (tertiary/aromatic N) is 5. The van der Waals surface area contributed by atoms with E-state index in [0.29, 0.717) is 0 Å². The van der Waals surface area contributed by atoms with E-state index in [9.17, 15) is 62.3 Å². The highest BCUT2D eigenvalue weighted by molar-refractivity contribution is 7.47. The van der Waals surface area contributed by atoms with E-state index in [1.165, 1.54) is 24.6 Å². The molecule has 0 aliphatic carbocycles. The van der Waals surface area contributed by atoms with Crippen LogP contribution >= 0.6 is 23.5 Å². The number of nitrogens with two attached hydrogens (primary N) is 1. The molecule has 3 saturated heterocycles. The highest BCUT2D eigenvalue weighted by atomic mass is 31.2. The molecule has 0 amide bonds. The van der Waals surface area contributed by atoms with Gasteiger partial charge in [0.1, 0.15) is 55.3 Å². The first-order valence-corrected chi connectivity index (χ1v) is 23.0. The van der Waals surface area contributed by atoms with Gasteiger partial charge >= 0.3 is 34.8 Å². The summed E-state index contributed by atoms with van der Waals surface area (Å²) < 4.78 is 85.2. The van der Waals surface area contributed by atoms with Crippen molar-refractivity contribution in [1.82, 2.24) is 38.6 Å². The van der Waals surface area contributed by atoms with Crippen LogP contribution in [-0.4, -0.2) is 120 Å². The van der Waals surface area contributed by atoms with E-state index in [-0.39, 0.29) is 41.1 Å². The van der Waals surface area contributed by atoms with Crippen LogP contribution in [0.4, 0.5) is 5.95 Å². The lowest BCUT2D eigenvalue weighted by molar-refractivity contribution is -0.0607. The lowest BCUT2D eigenvalue weighted by Crippen LogP contribution is -2.33. The number of anilines is 1. The van der Waals surface area contributed by atoms with Crippen LogP contribution in [0.1, 0.15) is 49.1 Å². The molecule has 0 aromatic carbocycles. The van der Waals surface area contributed by atoms with E-state index >= 15 is 0 Å². The fourth-order valence-electron chi connectivity index (χ4n) is 7.08. The number of aliphatic hydroxyl groups excluding tert-OH is 1. The molecule has 0 radical (unpaired) electrons. The van der Waals surface area contributed by atoms with Gasteiger partial charge in [-0.15, -0.1) is 0 Å². The zero-order chi connectivity index (χ0) is 45.8. The predicted octanol–water partition coefficient (Wildman–Crippen LogP) is -2.24. The molecule has 3 fully saturated rings. The van der Waals surface area contributed by atoms with E-state index < -0.39 is 133 Å². The quantitative estimate of drug-likeness (QED) is 0.0536. The van der Waals surface area contributed by atoms with E-state index in [2.05, 4.69) is 24.9 Å². The maximum atomic E-state index is 13.5. The Labute approximate surface area is 349 Å². The van der Waals surface area contributed by atoms with Crippen LogP contribution in [0, 0.1) is 13.8 Å². The molecule has 7 heterocycles. The lowest BCUT2D eigenvalue weighted by Gasteiger charge is -2.24. The van der Waals surface area contributed by atoms with Gasteiger partial charge in [-0.05, 0) is 13.8 Å². The van der Waals surface area contributed by atoms with Crippen molar-refractivity contribution in [3.8, 4) is 0 Å². The van der Waals surface area contributed by atoms with Crippen LogP contribution in [0.3, 0.4) is 0 Å². The van der Waals surface area contributed by atoms with Crippen LogP contribution in [0.5, 0.6) is 0 Å². The molecule has 4 aromatic heterocycles. The maximum absolute atomic E-state index is 13.5. The fraction of sp³-hybridized carbons (Fsp3) is 0.567. The van der Waals surface area contributed by atoms with Crippen molar-refractivity contribution in [2.45, 2.75) is 88.4 Å². The first-order valence-electron chi connectivity index (χ1n) is 18.5. The minimum absolute atomic E-state index is 0.0827. The summed E-state index contributed by atoms with van der Waals surface area (Å²) in [4.78, 5) is 117. The molecule has 33 heteroatoms. The van der Waals surface area contributed by atoms with Crippen LogP contribution in [-0.2, 0) is 50.5 Å². The van der Waals surface area contributed by atoms with Gasteiger partial charge in [-0.3, -0.25) is 65.7 Å². The average Bonchev–Trinajstić information content (AvgIpc) is 3.97. The van der Waals surface area contributed by atoms with Crippen molar-refractivity contribution in [3.05, 3.63) is 81.9 Å². The summed E-state index contributed by atoms with van der Waals surface area (Å²) in [5.74, 6) is -0.301. The number of H-pyrrole nitrogens is 3.